The van der Waals surface area contributed by atoms with E-state index in [1.54, 1.807) is 7.11 Å². The van der Waals surface area contributed by atoms with Crippen molar-refractivity contribution in [3.05, 3.63) is 11.1 Å². The molecule has 1 aliphatic heterocycles. The average molecular weight is 297 g/mol. The van der Waals surface area contributed by atoms with Crippen LogP contribution in [0.4, 0.5) is 5.13 Å². The van der Waals surface area contributed by atoms with Crippen molar-refractivity contribution in [1.82, 2.24) is 10.3 Å². The molecule has 0 aliphatic carbocycles. The van der Waals surface area contributed by atoms with Crippen molar-refractivity contribution >= 4 is 16.5 Å². The highest BCUT2D eigenvalue weighted by molar-refractivity contribution is 7.15. The van der Waals surface area contributed by atoms with Gasteiger partial charge in [0.2, 0.25) is 0 Å². The van der Waals surface area contributed by atoms with Gasteiger partial charge < -0.3 is 15.0 Å². The highest BCUT2D eigenvalue weighted by Crippen LogP contribution is 2.36. The molecule has 0 unspecified atom stereocenters. The second-order valence-corrected chi connectivity index (χ2v) is 7.02. The van der Waals surface area contributed by atoms with E-state index in [0.717, 1.165) is 32.8 Å². The fourth-order valence-electron chi connectivity index (χ4n) is 2.50. The van der Waals surface area contributed by atoms with Crippen LogP contribution in [-0.2, 0) is 11.3 Å². The Morgan fingerprint density at radius 1 is 1.45 bits per heavy atom. The van der Waals surface area contributed by atoms with Crippen molar-refractivity contribution in [2.45, 2.75) is 39.7 Å². The summed E-state index contributed by atoms with van der Waals surface area (Å²) in [7, 11) is 1.73. The molecule has 1 aliphatic rings. The molecule has 1 N–H and O–H groups in total. The molecular weight excluding hydrogens is 270 g/mol. The molecule has 4 nitrogen and oxygen atoms in total. The average Bonchev–Trinajstić information content (AvgIpc) is 2.93. The Bertz CT molecular complexity index is 400. The highest BCUT2D eigenvalue weighted by Gasteiger charge is 2.29. The van der Waals surface area contributed by atoms with Crippen LogP contribution in [0.25, 0.3) is 0 Å². The van der Waals surface area contributed by atoms with Crippen LogP contribution in [0.15, 0.2) is 6.20 Å². The van der Waals surface area contributed by atoms with E-state index in [9.17, 15) is 0 Å². The third kappa shape index (κ3) is 4.17. The zero-order chi connectivity index (χ0) is 14.4. The van der Waals surface area contributed by atoms with E-state index >= 15 is 0 Å². The lowest BCUT2D eigenvalue weighted by Crippen LogP contribution is -2.38. The van der Waals surface area contributed by atoms with E-state index in [0.29, 0.717) is 5.41 Å². The van der Waals surface area contributed by atoms with Crippen molar-refractivity contribution in [1.29, 1.82) is 0 Å². The molecule has 0 spiro atoms. The summed E-state index contributed by atoms with van der Waals surface area (Å²) in [5.41, 5.74) is 0.540. The van der Waals surface area contributed by atoms with Crippen molar-refractivity contribution in [3.8, 4) is 0 Å². The summed E-state index contributed by atoms with van der Waals surface area (Å²) in [5.74, 6) is 0. The first-order valence-corrected chi connectivity index (χ1v) is 8.38. The minimum absolute atomic E-state index is 0.540. The lowest BCUT2D eigenvalue weighted by atomic mass is 9.78. The molecule has 1 fully saturated rings. The number of thiazole rings is 1. The van der Waals surface area contributed by atoms with Crippen molar-refractivity contribution in [3.63, 3.8) is 0 Å². The summed E-state index contributed by atoms with van der Waals surface area (Å²) in [6, 6.07) is 0. The van der Waals surface area contributed by atoms with E-state index in [1.165, 1.54) is 29.3 Å². The number of hydrogen-bond acceptors (Lipinski definition) is 5. The van der Waals surface area contributed by atoms with Crippen LogP contribution >= 0.6 is 11.3 Å². The molecule has 0 amide bonds. The molecule has 20 heavy (non-hydrogen) atoms. The summed E-state index contributed by atoms with van der Waals surface area (Å²) in [6.45, 7) is 9.56. The SMILES string of the molecule is CCC1(C)CCN(c2ncc(CNCCOC)s2)CC1. The minimum Gasteiger partial charge on any atom is -0.383 e. The van der Waals surface area contributed by atoms with Gasteiger partial charge in [0.25, 0.3) is 0 Å². The Morgan fingerprint density at radius 3 is 2.85 bits per heavy atom. The molecule has 114 valence electrons. The standard InChI is InChI=1S/C15H27N3OS/c1-4-15(2)5-8-18(9-6-15)14-17-12-13(20-14)11-16-7-10-19-3/h12,16H,4-11H2,1-3H3. The second kappa shape index (κ2) is 7.38. The quantitative estimate of drug-likeness (QED) is 0.785. The van der Waals surface area contributed by atoms with Crippen LogP contribution in [0.3, 0.4) is 0 Å². The van der Waals surface area contributed by atoms with Crippen molar-refractivity contribution < 1.29 is 4.74 Å². The maximum atomic E-state index is 5.03. The first-order valence-electron chi connectivity index (χ1n) is 7.56. The lowest BCUT2D eigenvalue weighted by molar-refractivity contribution is 0.199. The maximum Gasteiger partial charge on any atom is 0.185 e. The molecule has 1 saturated heterocycles. The van der Waals surface area contributed by atoms with E-state index in [4.69, 9.17) is 4.74 Å². The van der Waals surface area contributed by atoms with Gasteiger partial charge >= 0.3 is 0 Å². The van der Waals surface area contributed by atoms with Gasteiger partial charge in [0.1, 0.15) is 0 Å². The Labute approximate surface area is 126 Å². The molecule has 2 rings (SSSR count). The van der Waals surface area contributed by atoms with Crippen LogP contribution in [0.1, 0.15) is 38.0 Å². The fraction of sp³-hybridized carbons (Fsp3) is 0.800. The molecule has 0 saturated carbocycles. The molecule has 2 heterocycles. The normalized spacial score (nSPS) is 18.4. The topological polar surface area (TPSA) is 37.4 Å². The van der Waals surface area contributed by atoms with E-state index in [1.807, 2.05) is 17.5 Å². The molecule has 0 aromatic carbocycles. The zero-order valence-electron chi connectivity index (χ0n) is 12.9. The summed E-state index contributed by atoms with van der Waals surface area (Å²) in [4.78, 5) is 8.34. The minimum atomic E-state index is 0.540. The van der Waals surface area contributed by atoms with Gasteiger partial charge in [0.15, 0.2) is 5.13 Å². The van der Waals surface area contributed by atoms with Gasteiger partial charge in [-0.05, 0) is 18.3 Å². The molecule has 5 heteroatoms. The van der Waals surface area contributed by atoms with Gasteiger partial charge in [0.05, 0.1) is 6.61 Å². The van der Waals surface area contributed by atoms with Gasteiger partial charge in [-0.15, -0.1) is 11.3 Å². The number of nitrogens with zero attached hydrogens (tertiary/aromatic N) is 2. The van der Waals surface area contributed by atoms with Gasteiger partial charge in [0, 0.05) is 44.4 Å². The molecular formula is C15H27N3OS. The lowest BCUT2D eigenvalue weighted by Gasteiger charge is -2.38. The van der Waals surface area contributed by atoms with Gasteiger partial charge in [-0.1, -0.05) is 20.3 Å². The number of piperidine rings is 1. The molecule has 1 aromatic rings. The Balaban J connectivity index is 1.81. The van der Waals surface area contributed by atoms with Crippen molar-refractivity contribution in [2.75, 3.05) is 38.3 Å². The van der Waals surface area contributed by atoms with Gasteiger partial charge in [-0.2, -0.15) is 0 Å². The highest BCUT2D eigenvalue weighted by atomic mass is 32.1. The number of hydrogen-bond donors (Lipinski definition) is 1. The van der Waals surface area contributed by atoms with Gasteiger partial charge in [-0.25, -0.2) is 4.98 Å². The Kier molecular flexibility index (Phi) is 5.81. The number of methoxy groups -OCH3 is 1. The summed E-state index contributed by atoms with van der Waals surface area (Å²) >= 11 is 1.82. The summed E-state index contributed by atoms with van der Waals surface area (Å²) < 4.78 is 5.03. The van der Waals surface area contributed by atoms with Crippen LogP contribution in [0.2, 0.25) is 0 Å². The largest absolute Gasteiger partial charge is 0.383 e. The predicted molar refractivity (Wildman–Crippen MR) is 85.5 cm³/mol. The Morgan fingerprint density at radius 2 is 2.20 bits per heavy atom. The molecule has 0 bridgehead atoms. The molecule has 1 aromatic heterocycles. The number of anilines is 1. The first-order chi connectivity index (χ1) is 9.67. The Hall–Kier alpha value is -0.650. The van der Waals surface area contributed by atoms with Crippen LogP contribution < -0.4 is 10.2 Å². The van der Waals surface area contributed by atoms with E-state index < -0.39 is 0 Å². The maximum absolute atomic E-state index is 5.03. The number of rotatable bonds is 7. The predicted octanol–water partition coefficient (Wildman–Crippen LogP) is 2.90. The van der Waals surface area contributed by atoms with E-state index in [2.05, 4.69) is 29.0 Å². The summed E-state index contributed by atoms with van der Waals surface area (Å²) in [6.07, 6.45) is 5.86. The van der Waals surface area contributed by atoms with E-state index in [-0.39, 0.29) is 0 Å². The summed E-state index contributed by atoms with van der Waals surface area (Å²) in [5, 5.41) is 4.55. The number of ether oxygens (including phenoxy) is 1. The van der Waals surface area contributed by atoms with Crippen LogP contribution in [-0.4, -0.2) is 38.3 Å². The second-order valence-electron chi connectivity index (χ2n) is 5.93. The zero-order valence-corrected chi connectivity index (χ0v) is 13.8. The fourth-order valence-corrected chi connectivity index (χ4v) is 3.43. The van der Waals surface area contributed by atoms with Crippen LogP contribution in [0, 0.1) is 5.41 Å². The van der Waals surface area contributed by atoms with Crippen LogP contribution in [0.5, 0.6) is 0 Å². The third-order valence-corrected chi connectivity index (χ3v) is 5.48. The van der Waals surface area contributed by atoms with Crippen molar-refractivity contribution in [2.24, 2.45) is 5.41 Å². The number of aromatic nitrogens is 1. The molecule has 0 radical (unpaired) electrons. The third-order valence-electron chi connectivity index (χ3n) is 4.42. The van der Waals surface area contributed by atoms with Gasteiger partial charge in [-0.3, -0.25) is 0 Å². The number of nitrogens with one attached hydrogen (secondary N) is 1. The first kappa shape index (κ1) is 15.7. The monoisotopic (exact) mass is 297 g/mol. The smallest absolute Gasteiger partial charge is 0.185 e. The molecule has 0 atom stereocenters.